The number of nitrogens with zero attached hydrogens (tertiary/aromatic N) is 4. The number of halogens is 1. The largest absolute Gasteiger partial charge is 0.340 e. The van der Waals surface area contributed by atoms with Crippen molar-refractivity contribution in [2.24, 2.45) is 0 Å². The summed E-state index contributed by atoms with van der Waals surface area (Å²) >= 11 is 5.74. The van der Waals surface area contributed by atoms with E-state index in [2.05, 4.69) is 20.4 Å². The highest BCUT2D eigenvalue weighted by Crippen LogP contribution is 2.09. The van der Waals surface area contributed by atoms with Crippen molar-refractivity contribution >= 4 is 23.3 Å². The number of likely N-dealkylation sites (N-methyl/N-ethyl adjacent to an activating group) is 1. The Morgan fingerprint density at radius 2 is 2.29 bits per heavy atom. The normalized spacial score (nSPS) is 10.9. The molecule has 8 heteroatoms. The lowest BCUT2D eigenvalue weighted by Gasteiger charge is -2.17. The van der Waals surface area contributed by atoms with Crippen LogP contribution in [0.25, 0.3) is 0 Å². The second-order valence-electron chi connectivity index (χ2n) is 4.44. The molecule has 0 unspecified atom stereocenters. The molecule has 0 atom stereocenters. The summed E-state index contributed by atoms with van der Waals surface area (Å²) in [7, 11) is 0. The standard InChI is InChI=1S/C13H16ClN5O2/c1-3-19(7-12-16-9(2)21-18-12)8-13(20)17-11-5-4-10(14)6-15-11/h4-6H,3,7-8H2,1-2H3,(H,15,17,20). The van der Waals surface area contributed by atoms with Crippen LogP contribution >= 0.6 is 11.6 Å². The van der Waals surface area contributed by atoms with Crippen LogP contribution in [0.4, 0.5) is 5.82 Å². The molecular weight excluding hydrogens is 294 g/mol. The van der Waals surface area contributed by atoms with Crippen LogP contribution < -0.4 is 5.32 Å². The average molecular weight is 310 g/mol. The molecule has 2 heterocycles. The van der Waals surface area contributed by atoms with Crippen LogP contribution in [-0.2, 0) is 11.3 Å². The molecule has 0 aliphatic heterocycles. The monoisotopic (exact) mass is 309 g/mol. The zero-order valence-corrected chi connectivity index (χ0v) is 12.6. The van der Waals surface area contributed by atoms with Crippen molar-refractivity contribution in [3.8, 4) is 0 Å². The first kappa shape index (κ1) is 15.4. The van der Waals surface area contributed by atoms with E-state index in [9.17, 15) is 4.79 Å². The average Bonchev–Trinajstić information content (AvgIpc) is 2.86. The molecule has 0 saturated heterocycles. The molecule has 2 rings (SSSR count). The van der Waals surface area contributed by atoms with E-state index < -0.39 is 0 Å². The smallest absolute Gasteiger partial charge is 0.239 e. The number of hydrogen-bond donors (Lipinski definition) is 1. The Hall–Kier alpha value is -1.99. The lowest BCUT2D eigenvalue weighted by Crippen LogP contribution is -2.33. The third-order valence-corrected chi connectivity index (χ3v) is 2.97. The molecule has 0 bridgehead atoms. The van der Waals surface area contributed by atoms with Crippen LogP contribution in [0.3, 0.4) is 0 Å². The van der Waals surface area contributed by atoms with E-state index in [1.807, 2.05) is 11.8 Å². The molecule has 112 valence electrons. The Bertz CT molecular complexity index is 599. The van der Waals surface area contributed by atoms with Gasteiger partial charge < -0.3 is 9.84 Å². The van der Waals surface area contributed by atoms with Gasteiger partial charge in [-0.1, -0.05) is 23.7 Å². The summed E-state index contributed by atoms with van der Waals surface area (Å²) in [6.45, 7) is 5.05. The minimum atomic E-state index is -0.160. The van der Waals surface area contributed by atoms with Gasteiger partial charge in [0.15, 0.2) is 5.82 Å². The maximum absolute atomic E-state index is 12.0. The van der Waals surface area contributed by atoms with Gasteiger partial charge in [0, 0.05) is 13.1 Å². The minimum absolute atomic E-state index is 0.160. The van der Waals surface area contributed by atoms with Gasteiger partial charge in [0.2, 0.25) is 11.8 Å². The SMILES string of the molecule is CCN(CC(=O)Nc1ccc(Cl)cn1)Cc1noc(C)n1. The maximum Gasteiger partial charge on any atom is 0.239 e. The number of hydrogen-bond acceptors (Lipinski definition) is 6. The highest BCUT2D eigenvalue weighted by atomic mass is 35.5. The van der Waals surface area contributed by atoms with Gasteiger partial charge in [0.1, 0.15) is 5.82 Å². The number of aryl methyl sites for hydroxylation is 1. The van der Waals surface area contributed by atoms with Gasteiger partial charge in [0.05, 0.1) is 18.1 Å². The summed E-state index contributed by atoms with van der Waals surface area (Å²) in [5, 5.41) is 7.05. The van der Waals surface area contributed by atoms with Crippen molar-refractivity contribution in [3.05, 3.63) is 35.1 Å². The Morgan fingerprint density at radius 3 is 2.86 bits per heavy atom. The number of nitrogens with one attached hydrogen (secondary N) is 1. The van der Waals surface area contributed by atoms with Crippen molar-refractivity contribution in [2.45, 2.75) is 20.4 Å². The van der Waals surface area contributed by atoms with Crippen LogP contribution in [0.1, 0.15) is 18.6 Å². The van der Waals surface area contributed by atoms with E-state index in [4.69, 9.17) is 16.1 Å². The summed E-state index contributed by atoms with van der Waals surface area (Å²) in [5.74, 6) is 1.38. The highest BCUT2D eigenvalue weighted by Gasteiger charge is 2.13. The Labute approximate surface area is 127 Å². The third-order valence-electron chi connectivity index (χ3n) is 2.74. The second-order valence-corrected chi connectivity index (χ2v) is 4.88. The molecular formula is C13H16ClN5O2. The summed E-state index contributed by atoms with van der Waals surface area (Å²) in [6, 6.07) is 3.32. The van der Waals surface area contributed by atoms with Gasteiger partial charge in [0.25, 0.3) is 0 Å². The van der Waals surface area contributed by atoms with E-state index in [0.717, 1.165) is 0 Å². The Kier molecular flexibility index (Phi) is 5.24. The van der Waals surface area contributed by atoms with Crippen molar-refractivity contribution in [3.63, 3.8) is 0 Å². The number of carbonyl (C=O) groups excluding carboxylic acids is 1. The van der Waals surface area contributed by atoms with Gasteiger partial charge in [-0.25, -0.2) is 4.98 Å². The van der Waals surface area contributed by atoms with Gasteiger partial charge in [-0.3, -0.25) is 9.69 Å². The fourth-order valence-electron chi connectivity index (χ4n) is 1.72. The maximum atomic E-state index is 12.0. The highest BCUT2D eigenvalue weighted by molar-refractivity contribution is 6.30. The Balaban J connectivity index is 1.88. The van der Waals surface area contributed by atoms with E-state index in [0.29, 0.717) is 35.6 Å². The number of rotatable bonds is 6. The van der Waals surface area contributed by atoms with Crippen LogP contribution in [0.5, 0.6) is 0 Å². The molecule has 1 N–H and O–H groups in total. The summed E-state index contributed by atoms with van der Waals surface area (Å²) in [6.07, 6.45) is 1.48. The summed E-state index contributed by atoms with van der Waals surface area (Å²) < 4.78 is 4.91. The van der Waals surface area contributed by atoms with Gasteiger partial charge in [-0.05, 0) is 18.7 Å². The van der Waals surface area contributed by atoms with Crippen LogP contribution in [0.15, 0.2) is 22.9 Å². The first-order valence-electron chi connectivity index (χ1n) is 6.49. The van der Waals surface area contributed by atoms with Gasteiger partial charge in [-0.2, -0.15) is 4.98 Å². The number of aromatic nitrogens is 3. The first-order chi connectivity index (χ1) is 10.1. The molecule has 0 aliphatic carbocycles. The summed E-state index contributed by atoms with van der Waals surface area (Å²) in [5.41, 5.74) is 0. The molecule has 1 amide bonds. The molecule has 0 spiro atoms. The Morgan fingerprint density at radius 1 is 1.48 bits per heavy atom. The lowest BCUT2D eigenvalue weighted by atomic mass is 10.4. The van der Waals surface area contributed by atoms with Gasteiger partial charge in [-0.15, -0.1) is 0 Å². The zero-order valence-electron chi connectivity index (χ0n) is 11.8. The van der Waals surface area contributed by atoms with E-state index >= 15 is 0 Å². The van der Waals surface area contributed by atoms with Crippen molar-refractivity contribution in [1.82, 2.24) is 20.0 Å². The molecule has 2 aromatic heterocycles. The lowest BCUT2D eigenvalue weighted by molar-refractivity contribution is -0.117. The van der Waals surface area contributed by atoms with Crippen LogP contribution in [-0.4, -0.2) is 39.0 Å². The topological polar surface area (TPSA) is 84.2 Å². The molecule has 0 fully saturated rings. The molecule has 2 aromatic rings. The minimum Gasteiger partial charge on any atom is -0.340 e. The van der Waals surface area contributed by atoms with Crippen molar-refractivity contribution in [2.75, 3.05) is 18.4 Å². The fraction of sp³-hybridized carbons (Fsp3) is 0.385. The predicted molar refractivity (Wildman–Crippen MR) is 77.9 cm³/mol. The zero-order chi connectivity index (χ0) is 15.2. The molecule has 0 aromatic carbocycles. The first-order valence-corrected chi connectivity index (χ1v) is 6.87. The number of amides is 1. The van der Waals surface area contributed by atoms with Crippen molar-refractivity contribution < 1.29 is 9.32 Å². The second kappa shape index (κ2) is 7.14. The number of pyridine rings is 1. The third kappa shape index (κ3) is 4.80. The molecule has 0 aliphatic rings. The quantitative estimate of drug-likeness (QED) is 0.877. The van der Waals surface area contributed by atoms with E-state index in [-0.39, 0.29) is 12.5 Å². The van der Waals surface area contributed by atoms with E-state index in [1.165, 1.54) is 6.20 Å². The number of anilines is 1. The molecule has 7 nitrogen and oxygen atoms in total. The van der Waals surface area contributed by atoms with E-state index in [1.54, 1.807) is 19.1 Å². The molecule has 0 saturated carbocycles. The van der Waals surface area contributed by atoms with Gasteiger partial charge >= 0.3 is 0 Å². The predicted octanol–water partition coefficient (Wildman–Crippen LogP) is 1.89. The van der Waals surface area contributed by atoms with Crippen LogP contribution in [0, 0.1) is 6.92 Å². The molecule has 21 heavy (non-hydrogen) atoms. The summed E-state index contributed by atoms with van der Waals surface area (Å²) in [4.78, 5) is 22.0. The fourth-order valence-corrected chi connectivity index (χ4v) is 1.83. The van der Waals surface area contributed by atoms with Crippen molar-refractivity contribution in [1.29, 1.82) is 0 Å². The van der Waals surface area contributed by atoms with Crippen LogP contribution in [0.2, 0.25) is 5.02 Å². The number of carbonyl (C=O) groups is 1. The molecule has 0 radical (unpaired) electrons.